The van der Waals surface area contributed by atoms with E-state index in [1.807, 2.05) is 0 Å². The van der Waals surface area contributed by atoms with Gasteiger partial charge in [0.25, 0.3) is 0 Å². The number of rotatable bonds is 3. The van der Waals surface area contributed by atoms with Crippen molar-refractivity contribution in [3.63, 3.8) is 0 Å². The Balaban J connectivity index is 1.95. The normalized spacial score (nSPS) is 25.6. The lowest BCUT2D eigenvalue weighted by Gasteiger charge is -2.08. The van der Waals surface area contributed by atoms with Gasteiger partial charge in [0.2, 0.25) is 0 Å². The van der Waals surface area contributed by atoms with E-state index >= 15 is 0 Å². The van der Waals surface area contributed by atoms with Gasteiger partial charge in [0.15, 0.2) is 5.82 Å². The van der Waals surface area contributed by atoms with Gasteiger partial charge in [-0.1, -0.05) is 0 Å². The SMILES string of the molecule is Nc1cnn(C2CCC(CC(=O)O)C2)n1. The molecule has 1 fully saturated rings. The molecular weight excluding hydrogens is 196 g/mol. The van der Waals surface area contributed by atoms with Crippen molar-refractivity contribution in [3.05, 3.63) is 6.20 Å². The minimum Gasteiger partial charge on any atom is -0.481 e. The first-order valence-corrected chi connectivity index (χ1v) is 5.04. The molecule has 0 aliphatic heterocycles. The van der Waals surface area contributed by atoms with Gasteiger partial charge in [-0.05, 0) is 25.2 Å². The molecule has 1 aliphatic rings. The van der Waals surface area contributed by atoms with Gasteiger partial charge < -0.3 is 10.8 Å². The number of anilines is 1. The summed E-state index contributed by atoms with van der Waals surface area (Å²) in [5.41, 5.74) is 5.47. The van der Waals surface area contributed by atoms with Crippen LogP contribution in [-0.4, -0.2) is 26.1 Å². The molecule has 1 aromatic rings. The monoisotopic (exact) mass is 210 g/mol. The number of hydrogen-bond acceptors (Lipinski definition) is 4. The highest BCUT2D eigenvalue weighted by molar-refractivity contribution is 5.67. The third-order valence-electron chi connectivity index (χ3n) is 2.83. The van der Waals surface area contributed by atoms with Gasteiger partial charge in [0, 0.05) is 6.42 Å². The lowest BCUT2D eigenvalue weighted by molar-refractivity contribution is -0.138. The van der Waals surface area contributed by atoms with Crippen LogP contribution in [0.25, 0.3) is 0 Å². The van der Waals surface area contributed by atoms with Gasteiger partial charge in [0.1, 0.15) is 0 Å². The molecule has 1 aromatic heterocycles. The fourth-order valence-corrected chi connectivity index (χ4v) is 2.15. The Morgan fingerprint density at radius 1 is 1.67 bits per heavy atom. The van der Waals surface area contributed by atoms with Crippen LogP contribution >= 0.6 is 0 Å². The first kappa shape index (κ1) is 9.95. The van der Waals surface area contributed by atoms with Gasteiger partial charge in [-0.3, -0.25) is 4.79 Å². The van der Waals surface area contributed by atoms with E-state index < -0.39 is 5.97 Å². The molecule has 1 saturated carbocycles. The van der Waals surface area contributed by atoms with Crippen LogP contribution in [0.4, 0.5) is 5.82 Å². The highest BCUT2D eigenvalue weighted by atomic mass is 16.4. The minimum atomic E-state index is -0.728. The highest BCUT2D eigenvalue weighted by Gasteiger charge is 2.28. The predicted octanol–water partition coefficient (Wildman–Crippen LogP) is 0.676. The van der Waals surface area contributed by atoms with E-state index in [2.05, 4.69) is 10.2 Å². The molecule has 1 aliphatic carbocycles. The number of nitrogens with two attached hydrogens (primary N) is 1. The number of nitrogens with zero attached hydrogens (tertiary/aromatic N) is 3. The second-order valence-electron chi connectivity index (χ2n) is 4.02. The zero-order valence-electron chi connectivity index (χ0n) is 8.33. The second kappa shape index (κ2) is 3.88. The molecule has 6 heteroatoms. The van der Waals surface area contributed by atoms with Crippen LogP contribution in [-0.2, 0) is 4.79 Å². The molecular formula is C9H14N4O2. The quantitative estimate of drug-likeness (QED) is 0.764. The summed E-state index contributed by atoms with van der Waals surface area (Å²) in [4.78, 5) is 12.2. The zero-order chi connectivity index (χ0) is 10.8. The van der Waals surface area contributed by atoms with E-state index in [-0.39, 0.29) is 18.4 Å². The van der Waals surface area contributed by atoms with E-state index in [0.29, 0.717) is 5.82 Å². The fraction of sp³-hybridized carbons (Fsp3) is 0.667. The second-order valence-corrected chi connectivity index (χ2v) is 4.02. The molecule has 0 amide bonds. The van der Waals surface area contributed by atoms with Crippen LogP contribution in [0.1, 0.15) is 31.7 Å². The van der Waals surface area contributed by atoms with Crippen molar-refractivity contribution in [2.24, 2.45) is 5.92 Å². The van der Waals surface area contributed by atoms with E-state index in [1.165, 1.54) is 6.20 Å². The summed E-state index contributed by atoms with van der Waals surface area (Å²) in [5.74, 6) is -0.0648. The largest absolute Gasteiger partial charge is 0.481 e. The minimum absolute atomic E-state index is 0.214. The summed E-state index contributed by atoms with van der Waals surface area (Å²) in [6, 6.07) is 0.214. The summed E-state index contributed by atoms with van der Waals surface area (Å²) in [6.45, 7) is 0. The average Bonchev–Trinajstić information content (AvgIpc) is 2.72. The molecule has 0 bridgehead atoms. The number of aromatic nitrogens is 3. The Hall–Kier alpha value is -1.59. The van der Waals surface area contributed by atoms with E-state index in [4.69, 9.17) is 10.8 Å². The maximum absolute atomic E-state index is 10.5. The Morgan fingerprint density at radius 2 is 2.47 bits per heavy atom. The number of carboxylic acid groups (broad SMARTS) is 1. The summed E-state index contributed by atoms with van der Waals surface area (Å²) in [7, 11) is 0. The summed E-state index contributed by atoms with van der Waals surface area (Å²) >= 11 is 0. The molecule has 6 nitrogen and oxygen atoms in total. The molecule has 2 atom stereocenters. The van der Waals surface area contributed by atoms with E-state index in [9.17, 15) is 4.79 Å². The highest BCUT2D eigenvalue weighted by Crippen LogP contribution is 2.35. The molecule has 0 radical (unpaired) electrons. The smallest absolute Gasteiger partial charge is 0.303 e. The van der Waals surface area contributed by atoms with E-state index in [0.717, 1.165) is 19.3 Å². The zero-order valence-corrected chi connectivity index (χ0v) is 8.33. The van der Waals surface area contributed by atoms with Gasteiger partial charge >= 0.3 is 5.97 Å². The fourth-order valence-electron chi connectivity index (χ4n) is 2.15. The molecule has 2 unspecified atom stereocenters. The van der Waals surface area contributed by atoms with Crippen molar-refractivity contribution in [1.29, 1.82) is 0 Å². The maximum atomic E-state index is 10.5. The number of aliphatic carboxylic acids is 1. The Bertz CT molecular complexity index is 363. The molecule has 0 saturated heterocycles. The lowest BCUT2D eigenvalue weighted by Crippen LogP contribution is -2.10. The topological polar surface area (TPSA) is 94.0 Å². The van der Waals surface area contributed by atoms with Crippen LogP contribution in [0.15, 0.2) is 6.20 Å². The third kappa shape index (κ3) is 2.26. The first-order chi connectivity index (χ1) is 7.15. The summed E-state index contributed by atoms with van der Waals surface area (Å²) in [6.07, 6.45) is 4.46. The van der Waals surface area contributed by atoms with Crippen LogP contribution in [0.2, 0.25) is 0 Å². The standard InChI is InChI=1S/C9H14N4O2/c10-8-5-11-13(12-8)7-2-1-6(3-7)4-9(14)15/h5-7H,1-4H2,(H2,10,12)(H,14,15). The molecule has 15 heavy (non-hydrogen) atoms. The van der Waals surface area contributed by atoms with Crippen LogP contribution in [0.5, 0.6) is 0 Å². The number of hydrogen-bond donors (Lipinski definition) is 2. The van der Waals surface area contributed by atoms with Crippen molar-refractivity contribution in [2.75, 3.05) is 5.73 Å². The molecule has 3 N–H and O–H groups in total. The summed E-state index contributed by atoms with van der Waals surface area (Å²) < 4.78 is 0. The number of carbonyl (C=O) groups is 1. The Kier molecular flexibility index (Phi) is 2.57. The van der Waals surface area contributed by atoms with E-state index in [1.54, 1.807) is 4.80 Å². The third-order valence-corrected chi connectivity index (χ3v) is 2.83. The van der Waals surface area contributed by atoms with Crippen molar-refractivity contribution in [2.45, 2.75) is 31.7 Å². The molecule has 0 aromatic carbocycles. The van der Waals surface area contributed by atoms with Crippen molar-refractivity contribution >= 4 is 11.8 Å². The van der Waals surface area contributed by atoms with Gasteiger partial charge in [-0.15, -0.1) is 5.10 Å². The average molecular weight is 210 g/mol. The van der Waals surface area contributed by atoms with Crippen LogP contribution in [0.3, 0.4) is 0 Å². The molecule has 82 valence electrons. The lowest BCUT2D eigenvalue weighted by atomic mass is 10.0. The Morgan fingerprint density at radius 3 is 3.07 bits per heavy atom. The molecule has 0 spiro atoms. The van der Waals surface area contributed by atoms with Gasteiger partial charge in [-0.25, -0.2) is 0 Å². The maximum Gasteiger partial charge on any atom is 0.303 e. The van der Waals surface area contributed by atoms with Crippen molar-refractivity contribution in [1.82, 2.24) is 15.0 Å². The first-order valence-electron chi connectivity index (χ1n) is 5.04. The van der Waals surface area contributed by atoms with Crippen molar-refractivity contribution < 1.29 is 9.90 Å². The summed E-state index contributed by atoms with van der Waals surface area (Å²) in [5, 5.41) is 16.8. The van der Waals surface area contributed by atoms with Crippen molar-refractivity contribution in [3.8, 4) is 0 Å². The predicted molar refractivity (Wildman–Crippen MR) is 53.1 cm³/mol. The molecule has 1 heterocycles. The number of carboxylic acids is 1. The van der Waals surface area contributed by atoms with Gasteiger partial charge in [0.05, 0.1) is 12.2 Å². The van der Waals surface area contributed by atoms with Crippen LogP contribution in [0, 0.1) is 5.92 Å². The number of nitrogen functional groups attached to an aromatic ring is 1. The van der Waals surface area contributed by atoms with Gasteiger partial charge in [-0.2, -0.15) is 9.90 Å². The molecule has 2 rings (SSSR count). The van der Waals surface area contributed by atoms with Crippen LogP contribution < -0.4 is 5.73 Å². The Labute approximate surface area is 87.1 Å².